The van der Waals surface area contributed by atoms with Crippen LogP contribution in [0.25, 0.3) is 11.1 Å². The molecule has 3 rings (SSSR count). The van der Waals surface area contributed by atoms with Crippen LogP contribution in [0.2, 0.25) is 0 Å². The highest BCUT2D eigenvalue weighted by molar-refractivity contribution is 5.91. The first-order chi connectivity index (χ1) is 14.1. The molecule has 0 atom stereocenters. The minimum Gasteiger partial charge on any atom is -0.494 e. The van der Waals surface area contributed by atoms with Crippen LogP contribution >= 0.6 is 0 Å². The van der Waals surface area contributed by atoms with Crippen LogP contribution in [0.15, 0.2) is 66.7 Å². The van der Waals surface area contributed by atoms with Crippen LogP contribution < -0.4 is 9.47 Å². The van der Waals surface area contributed by atoms with Crippen molar-refractivity contribution in [2.45, 2.75) is 26.2 Å². The van der Waals surface area contributed by atoms with Gasteiger partial charge in [-0.2, -0.15) is 0 Å². The second kappa shape index (κ2) is 9.82. The van der Waals surface area contributed by atoms with Gasteiger partial charge < -0.3 is 9.47 Å². The zero-order chi connectivity index (χ0) is 20.6. The van der Waals surface area contributed by atoms with Crippen molar-refractivity contribution in [2.24, 2.45) is 0 Å². The molecule has 0 saturated carbocycles. The van der Waals surface area contributed by atoms with E-state index in [0.29, 0.717) is 23.5 Å². The average Bonchev–Trinajstić information content (AvgIpc) is 2.72. The molecule has 0 N–H and O–H groups in total. The highest BCUT2D eigenvalue weighted by Gasteiger charge is 2.11. The van der Waals surface area contributed by atoms with E-state index < -0.39 is 17.6 Å². The number of esters is 1. The number of rotatable bonds is 8. The molecule has 29 heavy (non-hydrogen) atoms. The molecule has 0 saturated heterocycles. The van der Waals surface area contributed by atoms with Gasteiger partial charge in [0.15, 0.2) is 0 Å². The highest BCUT2D eigenvalue weighted by Crippen LogP contribution is 2.24. The van der Waals surface area contributed by atoms with Crippen LogP contribution in [0.3, 0.4) is 0 Å². The second-order valence-corrected chi connectivity index (χ2v) is 6.62. The van der Waals surface area contributed by atoms with Gasteiger partial charge in [0.05, 0.1) is 12.2 Å². The summed E-state index contributed by atoms with van der Waals surface area (Å²) in [5, 5.41) is 0. The maximum Gasteiger partial charge on any atom is 0.343 e. The van der Waals surface area contributed by atoms with E-state index in [2.05, 4.69) is 6.92 Å². The summed E-state index contributed by atoms with van der Waals surface area (Å²) in [4.78, 5) is 12.3. The summed E-state index contributed by atoms with van der Waals surface area (Å²) in [6, 6.07) is 16.5. The van der Waals surface area contributed by atoms with E-state index >= 15 is 0 Å². The SMILES string of the molecule is CCCCCOc1ccc(OC(=O)c2ccc(-c3ccc(F)cc3F)cc2)cc1. The maximum absolute atomic E-state index is 13.9. The Bertz CT molecular complexity index is 951. The molecule has 0 amide bonds. The molecule has 0 bridgehead atoms. The van der Waals surface area contributed by atoms with Crippen molar-refractivity contribution < 1.29 is 23.0 Å². The lowest BCUT2D eigenvalue weighted by Gasteiger charge is -2.08. The van der Waals surface area contributed by atoms with Gasteiger partial charge in [-0.1, -0.05) is 31.9 Å². The van der Waals surface area contributed by atoms with Crippen LogP contribution in [0.5, 0.6) is 11.5 Å². The number of ether oxygens (including phenoxy) is 2. The molecule has 0 aliphatic heterocycles. The Hall–Kier alpha value is -3.21. The summed E-state index contributed by atoms with van der Waals surface area (Å²) >= 11 is 0. The predicted octanol–water partition coefficient (Wildman–Crippen LogP) is 6.42. The van der Waals surface area contributed by atoms with Gasteiger partial charge in [0, 0.05) is 11.6 Å². The number of benzene rings is 3. The average molecular weight is 396 g/mol. The zero-order valence-electron chi connectivity index (χ0n) is 16.2. The Morgan fingerprint density at radius 2 is 1.55 bits per heavy atom. The number of halogens is 2. The maximum atomic E-state index is 13.9. The molecule has 0 aromatic heterocycles. The number of hydrogen-bond acceptors (Lipinski definition) is 3. The third kappa shape index (κ3) is 5.64. The van der Waals surface area contributed by atoms with Crippen molar-refractivity contribution in [3.05, 3.63) is 83.9 Å². The predicted molar refractivity (Wildman–Crippen MR) is 108 cm³/mol. The molecule has 3 nitrogen and oxygen atoms in total. The normalized spacial score (nSPS) is 10.6. The van der Waals surface area contributed by atoms with Gasteiger partial charge in [0.25, 0.3) is 0 Å². The van der Waals surface area contributed by atoms with Crippen molar-refractivity contribution in [1.29, 1.82) is 0 Å². The lowest BCUT2D eigenvalue weighted by molar-refractivity contribution is 0.0734. The summed E-state index contributed by atoms with van der Waals surface area (Å²) < 4.78 is 37.9. The third-order valence-electron chi connectivity index (χ3n) is 4.41. The number of hydrogen-bond donors (Lipinski definition) is 0. The van der Waals surface area contributed by atoms with Crippen molar-refractivity contribution >= 4 is 5.97 Å². The van der Waals surface area contributed by atoms with Crippen LogP contribution in [0.4, 0.5) is 8.78 Å². The van der Waals surface area contributed by atoms with Crippen molar-refractivity contribution in [2.75, 3.05) is 6.61 Å². The fraction of sp³-hybridized carbons (Fsp3) is 0.208. The monoisotopic (exact) mass is 396 g/mol. The molecule has 0 aliphatic carbocycles. The summed E-state index contributed by atoms with van der Waals surface area (Å²) in [5.41, 5.74) is 1.14. The summed E-state index contributed by atoms with van der Waals surface area (Å²) in [5.74, 6) is -0.676. The van der Waals surface area contributed by atoms with Gasteiger partial charge >= 0.3 is 5.97 Å². The third-order valence-corrected chi connectivity index (χ3v) is 4.41. The molecule has 5 heteroatoms. The lowest BCUT2D eigenvalue weighted by atomic mass is 10.0. The summed E-state index contributed by atoms with van der Waals surface area (Å²) in [6.45, 7) is 2.80. The Morgan fingerprint density at radius 3 is 2.21 bits per heavy atom. The lowest BCUT2D eigenvalue weighted by Crippen LogP contribution is -2.08. The fourth-order valence-corrected chi connectivity index (χ4v) is 2.82. The second-order valence-electron chi connectivity index (χ2n) is 6.62. The molecule has 3 aromatic rings. The van der Waals surface area contributed by atoms with E-state index in [0.717, 1.165) is 31.1 Å². The Kier molecular flexibility index (Phi) is 6.95. The number of carbonyl (C=O) groups excluding carboxylic acids is 1. The van der Waals surface area contributed by atoms with Crippen LogP contribution in [0.1, 0.15) is 36.5 Å². The van der Waals surface area contributed by atoms with Crippen LogP contribution in [-0.2, 0) is 0 Å². The minimum absolute atomic E-state index is 0.265. The van der Waals surface area contributed by atoms with Gasteiger partial charge in [-0.3, -0.25) is 0 Å². The van der Waals surface area contributed by atoms with Crippen molar-refractivity contribution in [3.63, 3.8) is 0 Å². The van der Waals surface area contributed by atoms with E-state index in [1.54, 1.807) is 48.5 Å². The molecular weight excluding hydrogens is 374 g/mol. The van der Waals surface area contributed by atoms with Crippen molar-refractivity contribution in [1.82, 2.24) is 0 Å². The molecular formula is C24H22F2O3. The Labute approximate surface area is 168 Å². The summed E-state index contributed by atoms with van der Waals surface area (Å²) in [7, 11) is 0. The highest BCUT2D eigenvalue weighted by atomic mass is 19.1. The van der Waals surface area contributed by atoms with E-state index in [1.807, 2.05) is 0 Å². The molecule has 0 radical (unpaired) electrons. The molecule has 3 aromatic carbocycles. The standard InChI is InChI=1S/C24H22F2O3/c1-2-3-4-15-28-20-10-12-21(13-11-20)29-24(27)18-7-5-17(6-8-18)22-14-9-19(25)16-23(22)26/h5-14,16H,2-4,15H2,1H3. The number of unbranched alkanes of at least 4 members (excludes halogenated alkanes) is 2. The van der Waals surface area contributed by atoms with Gasteiger partial charge in [-0.05, 0) is 60.5 Å². The molecule has 0 heterocycles. The quantitative estimate of drug-likeness (QED) is 0.250. The first-order valence-electron chi connectivity index (χ1n) is 9.57. The smallest absolute Gasteiger partial charge is 0.343 e. The Balaban J connectivity index is 1.60. The van der Waals surface area contributed by atoms with Gasteiger partial charge in [0.2, 0.25) is 0 Å². The fourth-order valence-electron chi connectivity index (χ4n) is 2.82. The number of carbonyl (C=O) groups is 1. The van der Waals surface area contributed by atoms with Gasteiger partial charge in [-0.25, -0.2) is 13.6 Å². The topological polar surface area (TPSA) is 35.5 Å². The van der Waals surface area contributed by atoms with Crippen molar-refractivity contribution in [3.8, 4) is 22.6 Å². The molecule has 0 spiro atoms. The van der Waals surface area contributed by atoms with E-state index in [-0.39, 0.29) is 5.56 Å². The first-order valence-corrected chi connectivity index (χ1v) is 9.57. The van der Waals surface area contributed by atoms with Crippen LogP contribution in [-0.4, -0.2) is 12.6 Å². The van der Waals surface area contributed by atoms with Gasteiger partial charge in [0.1, 0.15) is 23.1 Å². The molecule has 0 unspecified atom stereocenters. The molecule has 0 aliphatic rings. The first kappa shape index (κ1) is 20.5. The van der Waals surface area contributed by atoms with E-state index in [4.69, 9.17) is 9.47 Å². The molecule has 0 fully saturated rings. The largest absolute Gasteiger partial charge is 0.494 e. The van der Waals surface area contributed by atoms with Crippen LogP contribution in [0, 0.1) is 11.6 Å². The van der Waals surface area contributed by atoms with E-state index in [1.165, 1.54) is 12.1 Å². The summed E-state index contributed by atoms with van der Waals surface area (Å²) in [6.07, 6.45) is 3.27. The van der Waals surface area contributed by atoms with E-state index in [9.17, 15) is 13.6 Å². The van der Waals surface area contributed by atoms with Gasteiger partial charge in [-0.15, -0.1) is 0 Å². The molecule has 150 valence electrons. The zero-order valence-corrected chi connectivity index (χ0v) is 16.2. The Morgan fingerprint density at radius 1 is 0.862 bits per heavy atom. The minimum atomic E-state index is -0.655.